The molecule has 1 aromatic heterocycles. The molecule has 0 aromatic carbocycles. The van der Waals surface area contributed by atoms with Crippen LogP contribution >= 0.6 is 0 Å². The molecule has 17 heavy (non-hydrogen) atoms. The van der Waals surface area contributed by atoms with E-state index in [1.807, 2.05) is 0 Å². The van der Waals surface area contributed by atoms with Crippen molar-refractivity contribution in [2.75, 3.05) is 18.0 Å². The van der Waals surface area contributed by atoms with Crippen LogP contribution in [0.25, 0.3) is 0 Å². The molecular formula is C12H22N4O. The Kier molecular flexibility index (Phi) is 3.66. The number of hydrogen-bond acceptors (Lipinski definition) is 5. The standard InChI is InChI=1S/C12H22N4O/c1-4-7-13-9-10-14-15-11(17-10)16-8-5-6-12(16,2)3/h13H,4-9H2,1-3H3. The minimum atomic E-state index is 0.140. The van der Waals surface area contributed by atoms with Crippen LogP contribution in [0.3, 0.4) is 0 Å². The van der Waals surface area contributed by atoms with Crippen molar-refractivity contribution in [2.24, 2.45) is 0 Å². The summed E-state index contributed by atoms with van der Waals surface area (Å²) in [5.74, 6) is 0.677. The lowest BCUT2D eigenvalue weighted by Gasteiger charge is -2.29. The minimum Gasteiger partial charge on any atom is -0.407 e. The Morgan fingerprint density at radius 1 is 1.41 bits per heavy atom. The molecule has 1 fully saturated rings. The maximum atomic E-state index is 5.69. The van der Waals surface area contributed by atoms with E-state index >= 15 is 0 Å². The highest BCUT2D eigenvalue weighted by Gasteiger charge is 2.35. The molecule has 2 heterocycles. The summed E-state index contributed by atoms with van der Waals surface area (Å²) in [6.07, 6.45) is 3.48. The third-order valence-corrected chi connectivity index (χ3v) is 3.29. The fourth-order valence-electron chi connectivity index (χ4n) is 2.26. The van der Waals surface area contributed by atoms with E-state index in [-0.39, 0.29) is 5.54 Å². The van der Waals surface area contributed by atoms with Crippen molar-refractivity contribution in [1.82, 2.24) is 15.5 Å². The number of nitrogens with one attached hydrogen (secondary N) is 1. The summed E-state index contributed by atoms with van der Waals surface area (Å²) >= 11 is 0. The predicted octanol–water partition coefficient (Wildman–Crippen LogP) is 1.95. The second-order valence-electron chi connectivity index (χ2n) is 5.22. The van der Waals surface area contributed by atoms with Gasteiger partial charge in [0.05, 0.1) is 6.54 Å². The Balaban J connectivity index is 1.98. The van der Waals surface area contributed by atoms with Gasteiger partial charge in [-0.3, -0.25) is 0 Å². The summed E-state index contributed by atoms with van der Waals surface area (Å²) in [5.41, 5.74) is 0.140. The largest absolute Gasteiger partial charge is 0.407 e. The van der Waals surface area contributed by atoms with Gasteiger partial charge in [-0.25, -0.2) is 0 Å². The van der Waals surface area contributed by atoms with Gasteiger partial charge in [-0.2, -0.15) is 0 Å². The third kappa shape index (κ3) is 2.77. The Labute approximate surface area is 103 Å². The monoisotopic (exact) mass is 238 g/mol. The lowest BCUT2D eigenvalue weighted by Crippen LogP contribution is -2.38. The summed E-state index contributed by atoms with van der Waals surface area (Å²) in [6, 6.07) is 0.667. The smallest absolute Gasteiger partial charge is 0.318 e. The number of nitrogens with zero attached hydrogens (tertiary/aromatic N) is 3. The SMILES string of the molecule is CCCNCc1nnc(N2CCCC2(C)C)o1. The molecule has 0 saturated carbocycles. The number of hydrogen-bond donors (Lipinski definition) is 1. The molecule has 5 heteroatoms. The van der Waals surface area contributed by atoms with E-state index in [9.17, 15) is 0 Å². The minimum absolute atomic E-state index is 0.140. The summed E-state index contributed by atoms with van der Waals surface area (Å²) in [4.78, 5) is 2.21. The van der Waals surface area contributed by atoms with Gasteiger partial charge in [-0.15, -0.1) is 5.10 Å². The molecule has 96 valence electrons. The zero-order valence-corrected chi connectivity index (χ0v) is 11.0. The topological polar surface area (TPSA) is 54.2 Å². The first-order valence-corrected chi connectivity index (χ1v) is 6.44. The first-order chi connectivity index (χ1) is 8.13. The highest BCUT2D eigenvalue weighted by molar-refractivity contribution is 5.32. The number of aromatic nitrogens is 2. The van der Waals surface area contributed by atoms with E-state index in [0.717, 1.165) is 19.5 Å². The van der Waals surface area contributed by atoms with Crippen LogP contribution in [0.2, 0.25) is 0 Å². The molecule has 1 saturated heterocycles. The van der Waals surface area contributed by atoms with Crippen molar-refractivity contribution < 1.29 is 4.42 Å². The van der Waals surface area contributed by atoms with Crippen LogP contribution in [0, 0.1) is 0 Å². The molecule has 0 aliphatic carbocycles. The van der Waals surface area contributed by atoms with Crippen LogP contribution in [-0.2, 0) is 6.54 Å². The van der Waals surface area contributed by atoms with Crippen LogP contribution in [0.4, 0.5) is 6.01 Å². The van der Waals surface area contributed by atoms with Crippen molar-refractivity contribution in [3.8, 4) is 0 Å². The average Bonchev–Trinajstić information content (AvgIpc) is 2.85. The molecule has 0 bridgehead atoms. The van der Waals surface area contributed by atoms with Crippen LogP contribution in [-0.4, -0.2) is 28.8 Å². The quantitative estimate of drug-likeness (QED) is 0.795. The van der Waals surface area contributed by atoms with Crippen LogP contribution in [0.15, 0.2) is 4.42 Å². The fraction of sp³-hybridized carbons (Fsp3) is 0.833. The Bertz CT molecular complexity index is 361. The van der Waals surface area contributed by atoms with E-state index in [4.69, 9.17) is 4.42 Å². The predicted molar refractivity (Wildman–Crippen MR) is 67.0 cm³/mol. The highest BCUT2D eigenvalue weighted by Crippen LogP contribution is 2.32. The van der Waals surface area contributed by atoms with Crippen molar-refractivity contribution >= 4 is 6.01 Å². The Hall–Kier alpha value is -1.10. The summed E-state index contributed by atoms with van der Waals surface area (Å²) in [6.45, 7) is 9.23. The fourth-order valence-corrected chi connectivity index (χ4v) is 2.26. The molecule has 5 nitrogen and oxygen atoms in total. The Morgan fingerprint density at radius 3 is 2.88 bits per heavy atom. The summed E-state index contributed by atoms with van der Waals surface area (Å²) < 4.78 is 5.69. The van der Waals surface area contributed by atoms with E-state index < -0.39 is 0 Å². The molecule has 0 amide bonds. The van der Waals surface area contributed by atoms with Crippen molar-refractivity contribution in [3.05, 3.63) is 5.89 Å². The highest BCUT2D eigenvalue weighted by atomic mass is 16.4. The van der Waals surface area contributed by atoms with E-state index in [1.165, 1.54) is 12.8 Å². The normalized spacial score (nSPS) is 18.9. The maximum Gasteiger partial charge on any atom is 0.318 e. The van der Waals surface area contributed by atoms with E-state index in [1.54, 1.807) is 0 Å². The maximum absolute atomic E-state index is 5.69. The van der Waals surface area contributed by atoms with Gasteiger partial charge in [-0.1, -0.05) is 12.0 Å². The van der Waals surface area contributed by atoms with E-state index in [2.05, 4.69) is 41.2 Å². The van der Waals surface area contributed by atoms with Gasteiger partial charge < -0.3 is 14.6 Å². The first kappa shape index (κ1) is 12.4. The lowest BCUT2D eigenvalue weighted by molar-refractivity contribution is 0.428. The van der Waals surface area contributed by atoms with Crippen LogP contribution in [0.5, 0.6) is 0 Å². The molecule has 1 aliphatic heterocycles. The zero-order chi connectivity index (χ0) is 12.3. The summed E-state index contributed by atoms with van der Waals surface area (Å²) in [7, 11) is 0. The van der Waals surface area contributed by atoms with Gasteiger partial charge in [0.1, 0.15) is 0 Å². The lowest BCUT2D eigenvalue weighted by atomic mass is 10.0. The Morgan fingerprint density at radius 2 is 2.24 bits per heavy atom. The molecule has 0 atom stereocenters. The van der Waals surface area contributed by atoms with Gasteiger partial charge >= 0.3 is 6.01 Å². The average molecular weight is 238 g/mol. The third-order valence-electron chi connectivity index (χ3n) is 3.29. The number of anilines is 1. The van der Waals surface area contributed by atoms with Crippen LogP contribution < -0.4 is 10.2 Å². The second kappa shape index (κ2) is 5.04. The molecule has 1 aromatic rings. The van der Waals surface area contributed by atoms with Gasteiger partial charge in [0, 0.05) is 12.1 Å². The molecule has 1 aliphatic rings. The number of rotatable bonds is 5. The molecule has 0 spiro atoms. The molecule has 0 radical (unpaired) electrons. The molecule has 2 rings (SSSR count). The second-order valence-corrected chi connectivity index (χ2v) is 5.22. The zero-order valence-electron chi connectivity index (χ0n) is 11.0. The van der Waals surface area contributed by atoms with Gasteiger partial charge in [0.25, 0.3) is 0 Å². The van der Waals surface area contributed by atoms with Gasteiger partial charge in [0.2, 0.25) is 5.89 Å². The van der Waals surface area contributed by atoms with Gasteiger partial charge in [-0.05, 0) is 39.7 Å². The van der Waals surface area contributed by atoms with Crippen molar-refractivity contribution in [2.45, 2.75) is 52.1 Å². The molecule has 0 unspecified atom stereocenters. The molecule has 1 N–H and O–H groups in total. The summed E-state index contributed by atoms with van der Waals surface area (Å²) in [5, 5.41) is 11.5. The van der Waals surface area contributed by atoms with Crippen molar-refractivity contribution in [1.29, 1.82) is 0 Å². The van der Waals surface area contributed by atoms with Gasteiger partial charge in [0.15, 0.2) is 0 Å². The molecular weight excluding hydrogens is 216 g/mol. The van der Waals surface area contributed by atoms with E-state index in [0.29, 0.717) is 18.5 Å². The van der Waals surface area contributed by atoms with Crippen LogP contribution in [0.1, 0.15) is 45.9 Å². The first-order valence-electron chi connectivity index (χ1n) is 6.44. The van der Waals surface area contributed by atoms with Crippen molar-refractivity contribution in [3.63, 3.8) is 0 Å².